The molecule has 0 spiro atoms. The van der Waals surface area contributed by atoms with Crippen molar-refractivity contribution in [1.29, 1.82) is 0 Å². The third kappa shape index (κ3) is 5.52. The van der Waals surface area contributed by atoms with E-state index in [4.69, 9.17) is 25.0 Å². The smallest absolute Gasteiger partial charge is 0.200 e. The molecule has 0 aliphatic rings. The van der Waals surface area contributed by atoms with Crippen molar-refractivity contribution in [3.8, 4) is 5.75 Å². The molecular weight excluding hydrogens is 395 g/mol. The fraction of sp³-hybridized carbons (Fsp3) is 0.684. The van der Waals surface area contributed by atoms with Crippen molar-refractivity contribution in [2.75, 3.05) is 7.11 Å². The molecule has 0 radical (unpaired) electrons. The van der Waals surface area contributed by atoms with E-state index in [9.17, 15) is 0 Å². The number of ether oxygens (including phenoxy) is 1. The summed E-state index contributed by atoms with van der Waals surface area (Å²) in [6.45, 7) is 19.7. The molecule has 1 rings (SSSR count). The van der Waals surface area contributed by atoms with Gasteiger partial charge >= 0.3 is 0 Å². The van der Waals surface area contributed by atoms with Gasteiger partial charge in [-0.25, -0.2) is 0 Å². The number of rotatable bonds is 6. The van der Waals surface area contributed by atoms with Gasteiger partial charge in [-0.3, -0.25) is 0 Å². The minimum absolute atomic E-state index is 0.0698. The molecule has 0 saturated heterocycles. The summed E-state index contributed by atoms with van der Waals surface area (Å²) in [5, 5.41) is 1.11. The number of hydrogen-bond donors (Lipinski definition) is 0. The third-order valence-electron chi connectivity index (χ3n) is 5.70. The van der Waals surface area contributed by atoms with Crippen molar-refractivity contribution in [3.63, 3.8) is 0 Å². The zero-order valence-corrected chi connectivity index (χ0v) is 22.1. The molecule has 7 heteroatoms. The van der Waals surface area contributed by atoms with Crippen LogP contribution in [0.2, 0.25) is 36.3 Å². The first kappa shape index (κ1) is 24.1. The molecule has 0 aliphatic carbocycles. The monoisotopic (exact) mass is 432 g/mol. The molecule has 0 heterocycles. The van der Waals surface area contributed by atoms with E-state index < -0.39 is 23.1 Å². The summed E-state index contributed by atoms with van der Waals surface area (Å²) in [6, 6.07) is 7.92. The van der Waals surface area contributed by atoms with Gasteiger partial charge < -0.3 is 13.2 Å². The van der Waals surface area contributed by atoms with Crippen LogP contribution in [0.5, 0.6) is 5.75 Å². The van der Waals surface area contributed by atoms with Gasteiger partial charge in [-0.1, -0.05) is 41.5 Å². The number of methoxy groups -OCH3 is 1. The average Bonchev–Trinajstić information content (AvgIpc) is 2.43. The highest BCUT2D eigenvalue weighted by Gasteiger charge is 2.47. The zero-order valence-electron chi connectivity index (χ0n) is 18.4. The first-order chi connectivity index (χ1) is 11.5. The van der Waals surface area contributed by atoms with Gasteiger partial charge in [0.1, 0.15) is 5.75 Å². The Morgan fingerprint density at radius 3 is 1.38 bits per heavy atom. The predicted molar refractivity (Wildman–Crippen MR) is 123 cm³/mol. The van der Waals surface area contributed by atoms with E-state index in [1.165, 1.54) is 0 Å². The van der Waals surface area contributed by atoms with Crippen LogP contribution in [-0.2, 0) is 20.2 Å². The minimum Gasteiger partial charge on any atom is -0.497 e. The van der Waals surface area contributed by atoms with Crippen LogP contribution in [0.15, 0.2) is 24.3 Å². The topological polar surface area (TPSA) is 27.7 Å². The van der Waals surface area contributed by atoms with Gasteiger partial charge in [-0.2, -0.15) is 0 Å². The summed E-state index contributed by atoms with van der Waals surface area (Å²) < 4.78 is 18.9. The van der Waals surface area contributed by atoms with Gasteiger partial charge in [-0.15, -0.1) is 0 Å². The standard InChI is InChI=1S/C19H37O3PSSi2/c1-18(2,3)25(8,9)21-23(24,22-26(10,11)19(4,5)6)17-14-12-16(20-7)13-15-17/h12-15H,1-11H3. The van der Waals surface area contributed by atoms with E-state index in [0.717, 1.165) is 11.1 Å². The molecule has 0 saturated carbocycles. The van der Waals surface area contributed by atoms with Crippen LogP contribution in [0, 0.1) is 0 Å². The summed E-state index contributed by atoms with van der Waals surface area (Å²) in [7, 11) is -2.52. The number of hydrogen-bond acceptors (Lipinski definition) is 4. The molecule has 0 aliphatic heterocycles. The molecule has 0 N–H and O–H groups in total. The molecule has 0 aromatic heterocycles. The predicted octanol–water partition coefficient (Wildman–Crippen LogP) is 6.67. The molecule has 1 aromatic carbocycles. The van der Waals surface area contributed by atoms with E-state index in [0.29, 0.717) is 0 Å². The Balaban J connectivity index is 3.43. The van der Waals surface area contributed by atoms with Crippen LogP contribution in [0.3, 0.4) is 0 Å². The SMILES string of the molecule is COc1ccc(P(=S)(O[Si](C)(C)C(C)(C)C)O[Si](C)(C)C(C)(C)C)cc1. The molecule has 1 aromatic rings. The first-order valence-corrected chi connectivity index (χ1v) is 17.6. The van der Waals surface area contributed by atoms with Gasteiger partial charge in [0.2, 0.25) is 16.6 Å². The Morgan fingerprint density at radius 1 is 0.769 bits per heavy atom. The Morgan fingerprint density at radius 2 is 1.12 bits per heavy atom. The molecule has 150 valence electrons. The highest BCUT2D eigenvalue weighted by molar-refractivity contribution is 8.14. The fourth-order valence-corrected chi connectivity index (χ4v) is 14.3. The van der Waals surface area contributed by atoms with E-state index in [2.05, 4.69) is 67.7 Å². The summed E-state index contributed by atoms with van der Waals surface area (Å²) >= 11 is 6.18. The quantitative estimate of drug-likeness (QED) is 0.370. The maximum absolute atomic E-state index is 6.82. The van der Waals surface area contributed by atoms with Gasteiger partial charge in [-0.05, 0) is 72.3 Å². The second kappa shape index (κ2) is 7.80. The van der Waals surface area contributed by atoms with E-state index in [-0.39, 0.29) is 10.1 Å². The summed E-state index contributed by atoms with van der Waals surface area (Å²) in [4.78, 5) is 0. The van der Waals surface area contributed by atoms with Crippen molar-refractivity contribution in [2.24, 2.45) is 0 Å². The van der Waals surface area contributed by atoms with Crippen LogP contribution in [0.4, 0.5) is 0 Å². The van der Waals surface area contributed by atoms with Gasteiger partial charge in [0.15, 0.2) is 6.49 Å². The third-order valence-corrected chi connectivity index (χ3v) is 21.4. The molecule has 26 heavy (non-hydrogen) atoms. The van der Waals surface area contributed by atoms with Crippen molar-refractivity contribution in [2.45, 2.75) is 77.8 Å². The van der Waals surface area contributed by atoms with Crippen LogP contribution in [0.25, 0.3) is 0 Å². The van der Waals surface area contributed by atoms with Gasteiger partial charge in [0.25, 0.3) is 0 Å². The maximum Gasteiger partial charge on any atom is 0.200 e. The van der Waals surface area contributed by atoms with Crippen LogP contribution < -0.4 is 10.0 Å². The lowest BCUT2D eigenvalue weighted by Crippen LogP contribution is -2.45. The normalized spacial score (nSPS) is 14.4. The van der Waals surface area contributed by atoms with Crippen molar-refractivity contribution >= 4 is 40.2 Å². The highest BCUT2D eigenvalue weighted by Crippen LogP contribution is 2.58. The van der Waals surface area contributed by atoms with Crippen molar-refractivity contribution < 1.29 is 13.2 Å². The van der Waals surface area contributed by atoms with Gasteiger partial charge in [0, 0.05) is 5.30 Å². The maximum atomic E-state index is 6.82. The summed E-state index contributed by atoms with van der Waals surface area (Å²) in [5.74, 6) is 0.815. The van der Waals surface area contributed by atoms with E-state index >= 15 is 0 Å². The Labute approximate surface area is 168 Å². The lowest BCUT2D eigenvalue weighted by atomic mass is 10.2. The van der Waals surface area contributed by atoms with E-state index in [1.54, 1.807) is 7.11 Å². The van der Waals surface area contributed by atoms with Crippen molar-refractivity contribution in [3.05, 3.63) is 24.3 Å². The highest BCUT2D eigenvalue weighted by atomic mass is 32.5. The second-order valence-corrected chi connectivity index (χ2v) is 23.4. The molecule has 0 amide bonds. The lowest BCUT2D eigenvalue weighted by molar-refractivity contribution is 0.415. The van der Waals surface area contributed by atoms with Crippen molar-refractivity contribution in [1.82, 2.24) is 0 Å². The molecule has 0 bridgehead atoms. The Hall–Kier alpha value is 0.0238. The zero-order chi connectivity index (χ0) is 20.6. The Bertz CT molecular complexity index is 627. The number of benzene rings is 1. The summed E-state index contributed by atoms with van der Waals surface area (Å²) in [5.41, 5.74) is 0. The van der Waals surface area contributed by atoms with Crippen LogP contribution in [0.1, 0.15) is 41.5 Å². The van der Waals surface area contributed by atoms with Gasteiger partial charge in [0.05, 0.1) is 7.11 Å². The lowest BCUT2D eigenvalue weighted by Gasteiger charge is -2.45. The molecule has 3 nitrogen and oxygen atoms in total. The van der Waals surface area contributed by atoms with Crippen LogP contribution >= 0.6 is 6.49 Å². The molecule has 0 fully saturated rings. The molecule has 0 atom stereocenters. The largest absolute Gasteiger partial charge is 0.497 e. The van der Waals surface area contributed by atoms with E-state index in [1.807, 2.05) is 24.3 Å². The minimum atomic E-state index is -2.64. The second-order valence-electron chi connectivity index (χ2n) is 9.90. The average molecular weight is 433 g/mol. The Kier molecular flexibility index (Phi) is 7.22. The molecular formula is C19H37O3PSSi2. The summed E-state index contributed by atoms with van der Waals surface area (Å²) in [6.07, 6.45) is 0. The fourth-order valence-electron chi connectivity index (χ4n) is 1.76. The first-order valence-electron chi connectivity index (χ1n) is 9.11. The van der Waals surface area contributed by atoms with Crippen LogP contribution in [-0.4, -0.2) is 23.7 Å². The molecule has 0 unspecified atom stereocenters.